The first-order valence-electron chi connectivity index (χ1n) is 21.8. The van der Waals surface area contributed by atoms with Crippen molar-refractivity contribution < 1.29 is 0 Å². The third kappa shape index (κ3) is 5.20. The monoisotopic (exact) mass is 788 g/mol. The smallest absolute Gasteiger partial charge is 0.146 e. The molecule has 0 bridgehead atoms. The van der Waals surface area contributed by atoms with E-state index in [0.29, 0.717) is 0 Å². The van der Waals surface area contributed by atoms with Crippen LogP contribution in [0.25, 0.3) is 103 Å². The molecule has 290 valence electrons. The second kappa shape index (κ2) is 13.6. The van der Waals surface area contributed by atoms with Crippen molar-refractivity contribution in [2.45, 2.75) is 19.8 Å². The average Bonchev–Trinajstić information content (AvgIpc) is 3.55. The number of fused-ring (bicyclic) bond motifs is 15. The molecular weight excluding hydrogens is 749 g/mol. The summed E-state index contributed by atoms with van der Waals surface area (Å²) in [5.41, 5.74) is 10.8. The van der Waals surface area contributed by atoms with Crippen molar-refractivity contribution in [2.75, 3.05) is 0 Å². The molecule has 0 saturated carbocycles. The Bertz CT molecular complexity index is 3880. The minimum absolute atomic E-state index is 0.824. The molecule has 0 saturated heterocycles. The van der Waals surface area contributed by atoms with Crippen molar-refractivity contribution in [3.8, 4) is 11.1 Å². The summed E-state index contributed by atoms with van der Waals surface area (Å²) < 4.78 is 2.51. The number of aromatic nitrogens is 1. The van der Waals surface area contributed by atoms with Gasteiger partial charge in [0.15, 0.2) is 0 Å². The maximum absolute atomic E-state index is 5.97. The molecule has 1 aliphatic rings. The van der Waals surface area contributed by atoms with E-state index in [0.717, 1.165) is 35.4 Å². The minimum atomic E-state index is 0.824. The fourth-order valence-corrected chi connectivity index (χ4v) is 10.6. The molecule has 11 aromatic carbocycles. The van der Waals surface area contributed by atoms with Crippen LogP contribution in [-0.4, -0.2) is 10.4 Å². The van der Waals surface area contributed by atoms with E-state index < -0.39 is 0 Å². The number of allylic oxidation sites excluding steroid dienone is 2. The highest BCUT2D eigenvalue weighted by molar-refractivity contribution is 6.39. The molecule has 1 aliphatic heterocycles. The Morgan fingerprint density at radius 2 is 0.952 bits per heavy atom. The summed E-state index contributed by atoms with van der Waals surface area (Å²) >= 11 is 0. The Labute approximate surface area is 359 Å². The predicted octanol–water partition coefficient (Wildman–Crippen LogP) is 16.4. The lowest BCUT2D eigenvalue weighted by Gasteiger charge is -2.19. The lowest BCUT2D eigenvalue weighted by molar-refractivity contribution is 1.02. The Hall–Kier alpha value is -7.81. The molecular formula is C60H40N2. The van der Waals surface area contributed by atoms with Gasteiger partial charge in [-0.15, -0.1) is 0 Å². The number of aliphatic imine (C=N–C) groups is 1. The molecule has 0 fully saturated rings. The number of hydrogen-bond acceptors (Lipinski definition) is 1. The first-order valence-corrected chi connectivity index (χ1v) is 21.8. The number of hydrogen-bond donors (Lipinski definition) is 0. The summed E-state index contributed by atoms with van der Waals surface area (Å²) in [6.07, 6.45) is 1.72. The SMILES string of the molecule is CCC1=C(c2ccc(-c3ccc4ccccc4c3)cc2)C(n2c3cc4ccccc4cc3c3c4c5ccccc5c5ccccc5c4ccc32)=Nc2c(ccc3ccccc23)C1. The molecule has 13 rings (SSSR count). The van der Waals surface area contributed by atoms with Crippen molar-refractivity contribution >= 4 is 104 Å². The summed E-state index contributed by atoms with van der Waals surface area (Å²) in [7, 11) is 0. The standard InChI is InChI=1S/C60H40N2/c1-2-37-33-46-30-26-40-14-7-8-18-47(40)59(46)61-60(56(37)41-27-23-39(24-28-41)45-29-25-38-13-3-4-15-42(38)34-45)62-54-32-31-52-50-21-10-9-19-48(50)49-20-11-12-22-51(49)57(52)58(54)53-35-43-16-5-6-17-44(43)36-55(53)62/h3-32,34-36H,2,33H2,1H3. The van der Waals surface area contributed by atoms with E-state index in [-0.39, 0.29) is 0 Å². The van der Waals surface area contributed by atoms with E-state index in [1.807, 2.05) is 0 Å². The fourth-order valence-electron chi connectivity index (χ4n) is 10.6. The van der Waals surface area contributed by atoms with Crippen LogP contribution in [0.2, 0.25) is 0 Å². The zero-order valence-electron chi connectivity index (χ0n) is 34.4. The predicted molar refractivity (Wildman–Crippen MR) is 266 cm³/mol. The molecule has 0 atom stereocenters. The van der Waals surface area contributed by atoms with Crippen LogP contribution in [0.15, 0.2) is 211 Å². The third-order valence-corrected chi connectivity index (χ3v) is 13.6. The Balaban J connectivity index is 1.16. The van der Waals surface area contributed by atoms with Gasteiger partial charge in [-0.25, -0.2) is 4.99 Å². The first-order chi connectivity index (χ1) is 30.7. The van der Waals surface area contributed by atoms with Gasteiger partial charge < -0.3 is 0 Å². The van der Waals surface area contributed by atoms with Crippen LogP contribution in [0.3, 0.4) is 0 Å². The van der Waals surface area contributed by atoms with Crippen molar-refractivity contribution in [3.63, 3.8) is 0 Å². The largest absolute Gasteiger partial charge is 0.293 e. The number of rotatable bonds is 3. The fraction of sp³-hybridized carbons (Fsp3) is 0.0500. The molecule has 12 aromatic rings. The second-order valence-corrected chi connectivity index (χ2v) is 16.9. The summed E-state index contributed by atoms with van der Waals surface area (Å²) in [4.78, 5) is 5.97. The summed E-state index contributed by atoms with van der Waals surface area (Å²) in [6.45, 7) is 2.31. The topological polar surface area (TPSA) is 17.3 Å². The maximum atomic E-state index is 5.97. The van der Waals surface area contributed by atoms with Gasteiger partial charge in [-0.2, -0.15) is 0 Å². The van der Waals surface area contributed by atoms with Gasteiger partial charge in [0, 0.05) is 27.1 Å². The highest BCUT2D eigenvalue weighted by atomic mass is 15.1. The van der Waals surface area contributed by atoms with Crippen LogP contribution in [-0.2, 0) is 6.42 Å². The third-order valence-electron chi connectivity index (χ3n) is 13.6. The van der Waals surface area contributed by atoms with Crippen molar-refractivity contribution in [3.05, 3.63) is 217 Å². The Kier molecular flexibility index (Phi) is 7.68. The molecule has 62 heavy (non-hydrogen) atoms. The Morgan fingerprint density at radius 1 is 0.403 bits per heavy atom. The molecule has 0 radical (unpaired) electrons. The molecule has 1 aromatic heterocycles. The molecule has 2 heterocycles. The minimum Gasteiger partial charge on any atom is -0.293 e. The Morgan fingerprint density at radius 3 is 1.68 bits per heavy atom. The van der Waals surface area contributed by atoms with Gasteiger partial charge in [0.1, 0.15) is 5.84 Å². The van der Waals surface area contributed by atoms with E-state index in [9.17, 15) is 0 Å². The van der Waals surface area contributed by atoms with E-state index >= 15 is 0 Å². The lowest BCUT2D eigenvalue weighted by atomic mass is 9.91. The molecule has 0 aliphatic carbocycles. The van der Waals surface area contributed by atoms with Crippen LogP contribution in [0, 0.1) is 0 Å². The first kappa shape index (κ1) is 35.0. The van der Waals surface area contributed by atoms with E-state index in [4.69, 9.17) is 4.99 Å². The van der Waals surface area contributed by atoms with Crippen LogP contribution < -0.4 is 0 Å². The highest BCUT2D eigenvalue weighted by Gasteiger charge is 2.27. The van der Waals surface area contributed by atoms with Gasteiger partial charge >= 0.3 is 0 Å². The maximum Gasteiger partial charge on any atom is 0.146 e. The van der Waals surface area contributed by atoms with Crippen molar-refractivity contribution in [2.24, 2.45) is 4.99 Å². The van der Waals surface area contributed by atoms with Crippen molar-refractivity contribution in [1.29, 1.82) is 0 Å². The van der Waals surface area contributed by atoms with Gasteiger partial charge in [-0.1, -0.05) is 188 Å². The molecule has 0 spiro atoms. The van der Waals surface area contributed by atoms with Crippen LogP contribution in [0.1, 0.15) is 24.5 Å². The van der Waals surface area contributed by atoms with Gasteiger partial charge in [0.2, 0.25) is 0 Å². The molecule has 2 heteroatoms. The van der Waals surface area contributed by atoms with Crippen LogP contribution in [0.4, 0.5) is 5.69 Å². The van der Waals surface area contributed by atoms with Crippen LogP contribution >= 0.6 is 0 Å². The van der Waals surface area contributed by atoms with E-state index in [1.54, 1.807) is 0 Å². The van der Waals surface area contributed by atoms with Gasteiger partial charge in [-0.3, -0.25) is 4.57 Å². The average molecular weight is 789 g/mol. The highest BCUT2D eigenvalue weighted by Crippen LogP contribution is 2.46. The summed E-state index contributed by atoms with van der Waals surface area (Å²) in [5, 5.41) is 17.5. The second-order valence-electron chi connectivity index (χ2n) is 16.9. The molecule has 0 N–H and O–H groups in total. The van der Waals surface area contributed by atoms with Gasteiger partial charge in [0.05, 0.1) is 16.7 Å². The zero-order valence-corrected chi connectivity index (χ0v) is 34.4. The molecule has 0 unspecified atom stereocenters. The van der Waals surface area contributed by atoms with Gasteiger partial charge in [0.25, 0.3) is 0 Å². The van der Waals surface area contributed by atoms with E-state index in [2.05, 4.69) is 212 Å². The molecule has 0 amide bonds. The van der Waals surface area contributed by atoms with Gasteiger partial charge in [-0.05, 0) is 113 Å². The van der Waals surface area contributed by atoms with E-state index in [1.165, 1.54) is 109 Å². The normalized spacial score (nSPS) is 13.3. The zero-order chi connectivity index (χ0) is 40.9. The summed E-state index contributed by atoms with van der Waals surface area (Å²) in [5.74, 6) is 0.968. The summed E-state index contributed by atoms with van der Waals surface area (Å²) in [6, 6.07) is 74.2. The lowest BCUT2D eigenvalue weighted by Crippen LogP contribution is -2.15. The molecule has 2 nitrogen and oxygen atoms in total. The quantitative estimate of drug-likeness (QED) is 0.159. The number of benzene rings is 11. The van der Waals surface area contributed by atoms with Crippen molar-refractivity contribution in [1.82, 2.24) is 4.57 Å². The number of nitrogens with zero attached hydrogens (tertiary/aromatic N) is 2. The van der Waals surface area contributed by atoms with Crippen LogP contribution in [0.5, 0.6) is 0 Å².